The zero-order valence-corrected chi connectivity index (χ0v) is 15.1. The van der Waals surface area contributed by atoms with E-state index in [1.165, 1.54) is 17.8 Å². The lowest BCUT2D eigenvalue weighted by Crippen LogP contribution is -2.14. The number of aromatic nitrogens is 3. The maximum Gasteiger partial charge on any atom is 0.234 e. The molecule has 0 spiro atoms. The van der Waals surface area contributed by atoms with Gasteiger partial charge in [-0.2, -0.15) is 0 Å². The normalized spacial score (nSPS) is 10.6. The summed E-state index contributed by atoms with van der Waals surface area (Å²) in [6, 6.07) is 13.4. The van der Waals surface area contributed by atoms with E-state index in [0.717, 1.165) is 5.75 Å². The molecule has 8 heteroatoms. The summed E-state index contributed by atoms with van der Waals surface area (Å²) in [5.41, 5.74) is 1.05. The first-order chi connectivity index (χ1) is 12.6. The van der Waals surface area contributed by atoms with E-state index in [0.29, 0.717) is 22.2 Å². The van der Waals surface area contributed by atoms with Gasteiger partial charge in [0.2, 0.25) is 5.91 Å². The van der Waals surface area contributed by atoms with Crippen molar-refractivity contribution in [2.45, 2.75) is 5.16 Å². The number of rotatable bonds is 6. The third-order valence-electron chi connectivity index (χ3n) is 3.66. The van der Waals surface area contributed by atoms with Crippen molar-refractivity contribution in [3.8, 4) is 17.1 Å². The van der Waals surface area contributed by atoms with E-state index in [-0.39, 0.29) is 17.5 Å². The summed E-state index contributed by atoms with van der Waals surface area (Å²) in [5.74, 6) is 0.764. The summed E-state index contributed by atoms with van der Waals surface area (Å²) >= 11 is 1.23. The minimum atomic E-state index is -0.364. The number of hydrogen-bond donors (Lipinski definition) is 1. The highest BCUT2D eigenvalue weighted by atomic mass is 32.2. The molecular formula is C18H17FN4O2S. The lowest BCUT2D eigenvalue weighted by Gasteiger charge is -2.07. The van der Waals surface area contributed by atoms with E-state index in [2.05, 4.69) is 15.5 Å². The largest absolute Gasteiger partial charge is 0.497 e. The number of ether oxygens (including phenoxy) is 1. The quantitative estimate of drug-likeness (QED) is 0.672. The molecule has 1 amide bonds. The molecule has 1 aromatic heterocycles. The highest BCUT2D eigenvalue weighted by molar-refractivity contribution is 7.99. The van der Waals surface area contributed by atoms with Crippen LogP contribution in [-0.2, 0) is 11.8 Å². The molecule has 3 rings (SSSR count). The van der Waals surface area contributed by atoms with Crippen LogP contribution in [0.4, 0.5) is 10.1 Å². The third kappa shape index (κ3) is 4.02. The highest BCUT2D eigenvalue weighted by Crippen LogP contribution is 2.24. The van der Waals surface area contributed by atoms with Crippen molar-refractivity contribution in [1.29, 1.82) is 0 Å². The summed E-state index contributed by atoms with van der Waals surface area (Å²) < 4.78 is 20.7. The molecule has 0 fully saturated rings. The second-order valence-corrected chi connectivity index (χ2v) is 6.35. The van der Waals surface area contributed by atoms with Gasteiger partial charge >= 0.3 is 0 Å². The second kappa shape index (κ2) is 8.01. The maximum absolute atomic E-state index is 13.9. The van der Waals surface area contributed by atoms with Gasteiger partial charge in [-0.3, -0.25) is 4.79 Å². The van der Waals surface area contributed by atoms with Gasteiger partial charge in [0, 0.05) is 12.7 Å². The lowest BCUT2D eigenvalue weighted by molar-refractivity contribution is -0.113. The zero-order chi connectivity index (χ0) is 18.5. The monoisotopic (exact) mass is 372 g/mol. The number of hydrogen-bond acceptors (Lipinski definition) is 5. The van der Waals surface area contributed by atoms with Gasteiger partial charge in [-0.15, -0.1) is 10.2 Å². The Morgan fingerprint density at radius 2 is 1.92 bits per heavy atom. The molecule has 0 saturated heterocycles. The average Bonchev–Trinajstić information content (AvgIpc) is 3.01. The Balaban J connectivity index is 1.63. The zero-order valence-electron chi connectivity index (χ0n) is 14.3. The number of halogens is 1. The molecule has 0 saturated carbocycles. The minimum absolute atomic E-state index is 0.162. The van der Waals surface area contributed by atoms with Crippen molar-refractivity contribution >= 4 is 23.4 Å². The fraction of sp³-hybridized carbons (Fsp3) is 0.167. The van der Waals surface area contributed by atoms with E-state index in [1.807, 2.05) is 0 Å². The third-order valence-corrected chi connectivity index (χ3v) is 4.68. The van der Waals surface area contributed by atoms with Crippen LogP contribution >= 0.6 is 11.8 Å². The molecule has 0 aliphatic carbocycles. The van der Waals surface area contributed by atoms with Crippen molar-refractivity contribution in [3.63, 3.8) is 0 Å². The topological polar surface area (TPSA) is 69.0 Å². The van der Waals surface area contributed by atoms with Crippen LogP contribution in [0.5, 0.6) is 5.75 Å². The number of carbonyl (C=O) groups is 1. The summed E-state index contributed by atoms with van der Waals surface area (Å²) in [5, 5.41) is 11.4. The van der Waals surface area contributed by atoms with Crippen LogP contribution in [0.15, 0.2) is 53.7 Å². The molecular weight excluding hydrogens is 355 g/mol. The molecule has 0 radical (unpaired) electrons. The van der Waals surface area contributed by atoms with Gasteiger partial charge in [0.1, 0.15) is 11.6 Å². The van der Waals surface area contributed by atoms with E-state index >= 15 is 0 Å². The number of nitrogens with one attached hydrogen (secondary N) is 1. The Hall–Kier alpha value is -2.87. The predicted molar refractivity (Wildman–Crippen MR) is 98.7 cm³/mol. The predicted octanol–water partition coefficient (Wildman–Crippen LogP) is 3.36. The first-order valence-electron chi connectivity index (χ1n) is 7.79. The number of carbonyl (C=O) groups excluding carboxylic acids is 1. The number of anilines is 1. The van der Waals surface area contributed by atoms with Crippen molar-refractivity contribution in [3.05, 3.63) is 54.3 Å². The van der Waals surface area contributed by atoms with Crippen LogP contribution < -0.4 is 10.1 Å². The van der Waals surface area contributed by atoms with Crippen molar-refractivity contribution < 1.29 is 13.9 Å². The van der Waals surface area contributed by atoms with Crippen LogP contribution in [0.1, 0.15) is 0 Å². The molecule has 0 aliphatic rings. The number of methoxy groups -OCH3 is 1. The number of benzene rings is 2. The molecule has 0 unspecified atom stereocenters. The molecule has 0 aliphatic heterocycles. The van der Waals surface area contributed by atoms with Crippen molar-refractivity contribution in [2.75, 3.05) is 18.2 Å². The van der Waals surface area contributed by atoms with Gasteiger partial charge in [0.15, 0.2) is 11.0 Å². The Morgan fingerprint density at radius 3 is 2.62 bits per heavy atom. The molecule has 3 aromatic rings. The molecule has 0 bridgehead atoms. The number of amides is 1. The van der Waals surface area contributed by atoms with Crippen LogP contribution in [0.2, 0.25) is 0 Å². The lowest BCUT2D eigenvalue weighted by atomic mass is 10.2. The first-order valence-corrected chi connectivity index (χ1v) is 8.78. The van der Waals surface area contributed by atoms with Crippen LogP contribution in [0.25, 0.3) is 11.4 Å². The Kier molecular flexibility index (Phi) is 5.52. The summed E-state index contributed by atoms with van der Waals surface area (Å²) in [4.78, 5) is 12.1. The molecule has 1 heterocycles. The van der Waals surface area contributed by atoms with E-state index in [4.69, 9.17) is 4.74 Å². The molecule has 1 N–H and O–H groups in total. The fourth-order valence-electron chi connectivity index (χ4n) is 2.32. The van der Waals surface area contributed by atoms with Gasteiger partial charge < -0.3 is 14.6 Å². The van der Waals surface area contributed by atoms with Gasteiger partial charge in [-0.05, 0) is 36.4 Å². The van der Waals surface area contributed by atoms with Crippen LogP contribution in [0.3, 0.4) is 0 Å². The highest BCUT2D eigenvalue weighted by Gasteiger charge is 2.15. The maximum atomic E-state index is 13.9. The van der Waals surface area contributed by atoms with Gasteiger partial charge in [0.25, 0.3) is 0 Å². The SMILES string of the molecule is COc1ccc(NC(=O)CSc2nnc(-c3ccccc3F)n2C)cc1. The van der Waals surface area contributed by atoms with E-state index < -0.39 is 0 Å². The van der Waals surface area contributed by atoms with Gasteiger partial charge in [0.05, 0.1) is 18.4 Å². The summed E-state index contributed by atoms with van der Waals surface area (Å²) in [7, 11) is 3.33. The standard InChI is InChI=1S/C18H17FN4O2S/c1-23-17(14-5-3-4-6-15(14)19)21-22-18(23)26-11-16(24)20-12-7-9-13(25-2)10-8-12/h3-10H,11H2,1-2H3,(H,20,24). The Morgan fingerprint density at radius 1 is 1.19 bits per heavy atom. The fourth-order valence-corrected chi connectivity index (χ4v) is 3.03. The smallest absolute Gasteiger partial charge is 0.234 e. The molecule has 0 atom stereocenters. The first kappa shape index (κ1) is 17.9. The van der Waals surface area contributed by atoms with Crippen LogP contribution in [0, 0.1) is 5.82 Å². The van der Waals surface area contributed by atoms with Crippen molar-refractivity contribution in [2.24, 2.45) is 7.05 Å². The van der Waals surface area contributed by atoms with E-state index in [1.54, 1.807) is 61.2 Å². The molecule has 134 valence electrons. The van der Waals surface area contributed by atoms with Crippen LogP contribution in [-0.4, -0.2) is 33.5 Å². The number of nitrogens with zero attached hydrogens (tertiary/aromatic N) is 3. The second-order valence-electron chi connectivity index (χ2n) is 5.41. The number of thioether (sulfide) groups is 1. The summed E-state index contributed by atoms with van der Waals surface area (Å²) in [6.07, 6.45) is 0. The summed E-state index contributed by atoms with van der Waals surface area (Å²) in [6.45, 7) is 0. The molecule has 2 aromatic carbocycles. The average molecular weight is 372 g/mol. The minimum Gasteiger partial charge on any atom is -0.497 e. The van der Waals surface area contributed by atoms with E-state index in [9.17, 15) is 9.18 Å². The van der Waals surface area contributed by atoms with Gasteiger partial charge in [-0.1, -0.05) is 23.9 Å². The Labute approximate surface area is 154 Å². The van der Waals surface area contributed by atoms with Crippen molar-refractivity contribution in [1.82, 2.24) is 14.8 Å². The Bertz CT molecular complexity index is 912. The molecule has 6 nitrogen and oxygen atoms in total. The van der Waals surface area contributed by atoms with Gasteiger partial charge in [-0.25, -0.2) is 4.39 Å². The molecule has 26 heavy (non-hydrogen) atoms.